The van der Waals surface area contributed by atoms with Crippen LogP contribution in [0, 0.1) is 5.82 Å². The van der Waals surface area contributed by atoms with E-state index in [1.807, 2.05) is 57.4 Å². The molecule has 3 N–H and O–H groups in total. The maximum Gasteiger partial charge on any atom is 0.309 e. The molecule has 0 radical (unpaired) electrons. The van der Waals surface area contributed by atoms with Crippen LogP contribution in [0.3, 0.4) is 0 Å². The normalized spacial score (nSPS) is 11.8. The van der Waals surface area contributed by atoms with Gasteiger partial charge in [-0.2, -0.15) is 0 Å². The van der Waals surface area contributed by atoms with Crippen molar-refractivity contribution in [3.63, 3.8) is 0 Å². The smallest absolute Gasteiger partial charge is 0.309 e. The predicted molar refractivity (Wildman–Crippen MR) is 108 cm³/mol. The highest BCUT2D eigenvalue weighted by molar-refractivity contribution is 6.35. The fraction of sp³-hybridized carbons (Fsp3) is 0.333. The Morgan fingerprint density at radius 2 is 1.54 bits per heavy atom. The molecule has 150 valence electrons. The van der Waals surface area contributed by atoms with Gasteiger partial charge in [-0.05, 0) is 29.8 Å². The molecular weight excluding hydrogens is 359 g/mol. The van der Waals surface area contributed by atoms with Crippen LogP contribution in [-0.4, -0.2) is 46.5 Å². The van der Waals surface area contributed by atoms with E-state index in [2.05, 4.69) is 10.6 Å². The molecule has 28 heavy (non-hydrogen) atoms. The van der Waals surface area contributed by atoms with Crippen LogP contribution in [0.5, 0.6) is 0 Å². The van der Waals surface area contributed by atoms with Crippen LogP contribution in [0.4, 0.5) is 10.1 Å². The van der Waals surface area contributed by atoms with Crippen LogP contribution in [0.15, 0.2) is 48.5 Å². The van der Waals surface area contributed by atoms with Gasteiger partial charge in [0.05, 0.1) is 20.6 Å². The van der Waals surface area contributed by atoms with E-state index in [4.69, 9.17) is 0 Å². The van der Waals surface area contributed by atoms with Gasteiger partial charge in [-0.3, -0.25) is 9.59 Å². The second kappa shape index (κ2) is 9.85. The Morgan fingerprint density at radius 3 is 2.07 bits per heavy atom. The second-order valence-corrected chi connectivity index (χ2v) is 7.14. The molecule has 0 bridgehead atoms. The molecule has 0 saturated carbocycles. The zero-order valence-electron chi connectivity index (χ0n) is 16.8. The molecule has 2 aromatic rings. The van der Waals surface area contributed by atoms with Crippen LogP contribution in [0.25, 0.3) is 0 Å². The van der Waals surface area contributed by atoms with Gasteiger partial charge in [0.15, 0.2) is 0 Å². The summed E-state index contributed by atoms with van der Waals surface area (Å²) in [5.41, 5.74) is 2.90. The Bertz CT molecular complexity index is 789. The van der Waals surface area contributed by atoms with Gasteiger partial charge >= 0.3 is 11.8 Å². The number of carbonyl (C=O) groups excluding carboxylic acids is 2. The predicted octanol–water partition coefficient (Wildman–Crippen LogP) is 0.510. The summed E-state index contributed by atoms with van der Waals surface area (Å²) in [6, 6.07) is 13.9. The molecule has 2 rings (SSSR count). The van der Waals surface area contributed by atoms with Crippen molar-refractivity contribution in [1.29, 1.82) is 0 Å². The lowest BCUT2D eigenvalue weighted by molar-refractivity contribution is -0.890. The van der Waals surface area contributed by atoms with E-state index in [9.17, 15) is 14.0 Å². The number of carbonyl (C=O) groups is 2. The number of halogens is 1. The highest BCUT2D eigenvalue weighted by atomic mass is 19.1. The van der Waals surface area contributed by atoms with Crippen molar-refractivity contribution in [2.75, 3.05) is 39.6 Å². The van der Waals surface area contributed by atoms with Crippen LogP contribution >= 0.6 is 0 Å². The van der Waals surface area contributed by atoms with Gasteiger partial charge in [0, 0.05) is 31.9 Å². The topological polar surface area (TPSA) is 65.9 Å². The van der Waals surface area contributed by atoms with Gasteiger partial charge in [0.25, 0.3) is 0 Å². The summed E-state index contributed by atoms with van der Waals surface area (Å²) < 4.78 is 12.9. The Morgan fingerprint density at radius 1 is 0.964 bits per heavy atom. The summed E-state index contributed by atoms with van der Waals surface area (Å²) in [7, 11) is 7.97. The number of hydrogen-bond acceptors (Lipinski definition) is 3. The van der Waals surface area contributed by atoms with Crippen LogP contribution < -0.4 is 20.4 Å². The van der Waals surface area contributed by atoms with Crippen molar-refractivity contribution in [2.45, 2.75) is 12.6 Å². The summed E-state index contributed by atoms with van der Waals surface area (Å²) in [6.45, 7) is 0.507. The van der Waals surface area contributed by atoms with Gasteiger partial charge in [-0.1, -0.05) is 24.3 Å². The van der Waals surface area contributed by atoms with E-state index in [0.717, 1.165) is 21.7 Å². The third-order valence-corrected chi connectivity index (χ3v) is 4.55. The highest BCUT2D eigenvalue weighted by Crippen LogP contribution is 2.16. The number of nitrogens with zero attached hydrogens (tertiary/aromatic N) is 1. The van der Waals surface area contributed by atoms with Crippen molar-refractivity contribution in [3.8, 4) is 0 Å². The molecule has 1 atom stereocenters. The summed E-state index contributed by atoms with van der Waals surface area (Å²) in [5, 5.41) is 5.25. The zero-order valence-corrected chi connectivity index (χ0v) is 16.8. The van der Waals surface area contributed by atoms with Gasteiger partial charge in [0.1, 0.15) is 11.9 Å². The quantitative estimate of drug-likeness (QED) is 0.607. The Kier molecular flexibility index (Phi) is 7.52. The van der Waals surface area contributed by atoms with Crippen LogP contribution in [0.1, 0.15) is 17.2 Å². The zero-order chi connectivity index (χ0) is 20.7. The van der Waals surface area contributed by atoms with Gasteiger partial charge < -0.3 is 20.4 Å². The molecule has 0 fully saturated rings. The molecule has 2 amide bonds. The maximum absolute atomic E-state index is 12.9. The first-order chi connectivity index (χ1) is 13.3. The van der Waals surface area contributed by atoms with Crippen LogP contribution in [0.2, 0.25) is 0 Å². The minimum Gasteiger partial charge on any atom is -0.378 e. The molecule has 0 aliphatic rings. The fourth-order valence-electron chi connectivity index (χ4n) is 2.80. The molecule has 2 aromatic carbocycles. The Labute approximate surface area is 165 Å². The molecule has 0 spiro atoms. The number of amides is 2. The highest BCUT2D eigenvalue weighted by Gasteiger charge is 2.21. The molecule has 0 heterocycles. The maximum atomic E-state index is 12.9. The minimum atomic E-state index is -0.709. The molecule has 6 nitrogen and oxygen atoms in total. The summed E-state index contributed by atoms with van der Waals surface area (Å²) in [5.74, 6) is -1.73. The number of benzene rings is 2. The number of anilines is 1. The average Bonchev–Trinajstić information content (AvgIpc) is 2.67. The fourth-order valence-corrected chi connectivity index (χ4v) is 2.80. The van der Waals surface area contributed by atoms with Crippen molar-refractivity contribution in [1.82, 2.24) is 10.6 Å². The van der Waals surface area contributed by atoms with Gasteiger partial charge in [0.2, 0.25) is 0 Å². The summed E-state index contributed by atoms with van der Waals surface area (Å²) >= 11 is 0. The van der Waals surface area contributed by atoms with Crippen molar-refractivity contribution in [3.05, 3.63) is 65.5 Å². The van der Waals surface area contributed by atoms with E-state index < -0.39 is 11.8 Å². The van der Waals surface area contributed by atoms with Crippen LogP contribution in [-0.2, 0) is 16.1 Å². The number of rotatable bonds is 7. The van der Waals surface area contributed by atoms with E-state index >= 15 is 0 Å². The Balaban J connectivity index is 1.90. The number of likely N-dealkylation sites (N-methyl/N-ethyl adjacent to an activating group) is 1. The first kappa shape index (κ1) is 21.4. The molecule has 0 aromatic heterocycles. The minimum absolute atomic E-state index is 0.0186. The largest absolute Gasteiger partial charge is 0.378 e. The summed E-state index contributed by atoms with van der Waals surface area (Å²) in [6.07, 6.45) is 0. The summed E-state index contributed by atoms with van der Waals surface area (Å²) in [4.78, 5) is 27.3. The van der Waals surface area contributed by atoms with E-state index in [1.54, 1.807) is 12.1 Å². The number of quaternary nitrogens is 1. The monoisotopic (exact) mass is 387 g/mol. The SMILES string of the molecule is CN(C)c1ccc([C@@H](CNC(=O)C(=O)NCc2ccc(F)cc2)[NH+](C)C)cc1. The first-order valence-electron chi connectivity index (χ1n) is 9.15. The third kappa shape index (κ3) is 6.06. The van der Waals surface area contributed by atoms with Crippen molar-refractivity contribution in [2.24, 2.45) is 0 Å². The van der Waals surface area contributed by atoms with E-state index in [0.29, 0.717) is 6.54 Å². The first-order valence-corrected chi connectivity index (χ1v) is 9.15. The Hall–Kier alpha value is -2.93. The molecule has 0 aliphatic heterocycles. The lowest BCUT2D eigenvalue weighted by Gasteiger charge is -2.23. The number of nitrogens with one attached hydrogen (secondary N) is 3. The molecule has 0 aliphatic carbocycles. The van der Waals surface area contributed by atoms with Gasteiger partial charge in [-0.25, -0.2) is 4.39 Å². The molecule has 0 unspecified atom stereocenters. The third-order valence-electron chi connectivity index (χ3n) is 4.55. The lowest BCUT2D eigenvalue weighted by atomic mass is 10.1. The van der Waals surface area contributed by atoms with E-state index in [-0.39, 0.29) is 18.4 Å². The average molecular weight is 387 g/mol. The molecule has 7 heteroatoms. The van der Waals surface area contributed by atoms with E-state index in [1.165, 1.54) is 12.1 Å². The standard InChI is InChI=1S/C21H27FN4O2/c1-25(2)18-11-7-16(8-12-18)19(26(3)4)14-24-21(28)20(27)23-13-15-5-9-17(22)10-6-15/h5-12,19H,13-14H2,1-4H3,(H,23,27)(H,24,28)/p+1/t19-/m1/s1. The van der Waals surface area contributed by atoms with Gasteiger partial charge in [-0.15, -0.1) is 0 Å². The number of hydrogen-bond donors (Lipinski definition) is 3. The lowest BCUT2D eigenvalue weighted by Crippen LogP contribution is -3.07. The second-order valence-electron chi connectivity index (χ2n) is 7.14. The van der Waals surface area contributed by atoms with Crippen molar-refractivity contribution < 1.29 is 18.9 Å². The molecular formula is C21H28FN4O2+. The van der Waals surface area contributed by atoms with Crippen molar-refractivity contribution >= 4 is 17.5 Å². The molecule has 0 saturated heterocycles.